The lowest BCUT2D eigenvalue weighted by molar-refractivity contribution is 0.428. The molecule has 2 bridgehead atoms. The van der Waals surface area contributed by atoms with Gasteiger partial charge < -0.3 is 11.5 Å². The molecule has 3 nitrogen and oxygen atoms in total. The maximum atomic E-state index is 6.52. The summed E-state index contributed by atoms with van der Waals surface area (Å²) in [5.41, 5.74) is 18.0. The minimum atomic E-state index is 0.493. The summed E-state index contributed by atoms with van der Waals surface area (Å²) >= 11 is 6.10. The maximum Gasteiger partial charge on any atom is 0.0741 e. The van der Waals surface area contributed by atoms with E-state index in [2.05, 4.69) is 6.08 Å². The smallest absolute Gasteiger partial charge is 0.0741 e. The van der Waals surface area contributed by atoms with Crippen LogP contribution in [0.15, 0.2) is 29.8 Å². The summed E-state index contributed by atoms with van der Waals surface area (Å²) in [6, 6.07) is 5.79. The Bertz CT molecular complexity index is 781. The molecule has 4 heteroatoms. The Morgan fingerprint density at radius 2 is 2.14 bits per heavy atom. The molecule has 1 aromatic heterocycles. The number of nitrogens with two attached hydrogens (primary N) is 2. The first kappa shape index (κ1) is 14.0. The summed E-state index contributed by atoms with van der Waals surface area (Å²) in [4.78, 5) is 4.87. The summed E-state index contributed by atoms with van der Waals surface area (Å²) < 4.78 is 0. The van der Waals surface area contributed by atoms with Crippen molar-refractivity contribution in [1.82, 2.24) is 4.98 Å². The minimum absolute atomic E-state index is 0.493. The predicted octanol–water partition coefficient (Wildman–Crippen LogP) is 3.80. The number of rotatable bonds is 2. The molecule has 114 valence electrons. The second kappa shape index (κ2) is 5.25. The van der Waals surface area contributed by atoms with Gasteiger partial charge in [-0.3, -0.25) is 4.98 Å². The lowest BCUT2D eigenvalue weighted by Gasteiger charge is -2.36. The van der Waals surface area contributed by atoms with Crippen molar-refractivity contribution < 1.29 is 0 Å². The van der Waals surface area contributed by atoms with E-state index in [1.54, 1.807) is 0 Å². The fraction of sp³-hybridized carbons (Fsp3) is 0.389. The molecule has 0 spiro atoms. The van der Waals surface area contributed by atoms with E-state index < -0.39 is 0 Å². The van der Waals surface area contributed by atoms with Crippen LogP contribution in [-0.4, -0.2) is 11.5 Å². The number of halogens is 1. The van der Waals surface area contributed by atoms with Gasteiger partial charge >= 0.3 is 0 Å². The zero-order chi connectivity index (χ0) is 15.3. The third kappa shape index (κ3) is 2.20. The zero-order valence-electron chi connectivity index (χ0n) is 12.5. The predicted molar refractivity (Wildman–Crippen MR) is 92.1 cm³/mol. The van der Waals surface area contributed by atoms with E-state index in [9.17, 15) is 0 Å². The second-order valence-electron chi connectivity index (χ2n) is 6.51. The summed E-state index contributed by atoms with van der Waals surface area (Å²) in [6.45, 7) is 0.724. The third-order valence-electron chi connectivity index (χ3n) is 5.00. The zero-order valence-corrected chi connectivity index (χ0v) is 13.2. The van der Waals surface area contributed by atoms with E-state index in [0.29, 0.717) is 16.9 Å². The summed E-state index contributed by atoms with van der Waals surface area (Å²) in [6.07, 6.45) is 6.66. The van der Waals surface area contributed by atoms with Crippen molar-refractivity contribution in [2.24, 2.45) is 11.7 Å². The molecule has 4 rings (SSSR count). The Kier molecular flexibility index (Phi) is 3.35. The Hall–Kier alpha value is -1.58. The molecule has 22 heavy (non-hydrogen) atoms. The van der Waals surface area contributed by atoms with E-state index in [4.69, 9.17) is 28.1 Å². The first-order valence-corrected chi connectivity index (χ1v) is 8.30. The third-order valence-corrected chi connectivity index (χ3v) is 5.24. The van der Waals surface area contributed by atoms with Gasteiger partial charge in [-0.15, -0.1) is 0 Å². The van der Waals surface area contributed by atoms with Crippen molar-refractivity contribution in [1.29, 1.82) is 0 Å². The molecule has 2 aliphatic carbocycles. The van der Waals surface area contributed by atoms with Gasteiger partial charge in [0, 0.05) is 27.4 Å². The van der Waals surface area contributed by atoms with Crippen molar-refractivity contribution in [3.8, 4) is 0 Å². The Balaban J connectivity index is 1.85. The van der Waals surface area contributed by atoms with Crippen molar-refractivity contribution in [2.75, 3.05) is 12.3 Å². The normalized spacial score (nSPS) is 23.3. The average molecular weight is 314 g/mol. The molecular weight excluding hydrogens is 294 g/mol. The van der Waals surface area contributed by atoms with Gasteiger partial charge in [0.25, 0.3) is 0 Å². The maximum absolute atomic E-state index is 6.52. The highest BCUT2D eigenvalue weighted by Crippen LogP contribution is 2.47. The van der Waals surface area contributed by atoms with Gasteiger partial charge in [-0.1, -0.05) is 23.3 Å². The van der Waals surface area contributed by atoms with Gasteiger partial charge in [-0.25, -0.2) is 0 Å². The number of nitrogen functional groups attached to an aromatic ring is 1. The van der Waals surface area contributed by atoms with E-state index >= 15 is 0 Å². The van der Waals surface area contributed by atoms with Crippen LogP contribution >= 0.6 is 11.6 Å². The number of nitrogens with zero attached hydrogens (tertiary/aromatic N) is 1. The van der Waals surface area contributed by atoms with Crippen LogP contribution in [0.5, 0.6) is 0 Å². The summed E-state index contributed by atoms with van der Waals surface area (Å²) in [5.74, 6) is 1.07. The van der Waals surface area contributed by atoms with Crippen molar-refractivity contribution in [2.45, 2.75) is 31.6 Å². The second-order valence-corrected chi connectivity index (χ2v) is 6.95. The molecular formula is C18H20ClN3. The first-order chi connectivity index (χ1) is 10.7. The highest BCUT2D eigenvalue weighted by atomic mass is 35.5. The number of benzene rings is 1. The van der Waals surface area contributed by atoms with E-state index in [1.165, 1.54) is 17.6 Å². The first-order valence-electron chi connectivity index (χ1n) is 7.93. The molecule has 2 aromatic rings. The Morgan fingerprint density at radius 1 is 1.27 bits per heavy atom. The van der Waals surface area contributed by atoms with Gasteiger partial charge in [0.05, 0.1) is 5.52 Å². The van der Waals surface area contributed by atoms with Gasteiger partial charge in [0.15, 0.2) is 0 Å². The van der Waals surface area contributed by atoms with Crippen LogP contribution in [0, 0.1) is 5.92 Å². The van der Waals surface area contributed by atoms with E-state index in [1.807, 2.05) is 18.2 Å². The van der Waals surface area contributed by atoms with Gasteiger partial charge in [-0.2, -0.15) is 0 Å². The SMILES string of the molecule is NCCC1=CC2Cc3nc4cc(Cl)ccc4c(N)c3C(C1)C2. The van der Waals surface area contributed by atoms with E-state index in [-0.39, 0.29) is 0 Å². The van der Waals surface area contributed by atoms with Crippen LogP contribution in [0.4, 0.5) is 5.69 Å². The molecule has 0 saturated carbocycles. The molecule has 1 aromatic carbocycles. The standard InChI is InChI=1S/C18H20ClN3/c19-13-1-2-14-15(9-13)22-16-8-11-5-10(3-4-20)6-12(7-11)17(16)18(14)21/h1-2,5,9,11-12H,3-4,6-8,20H2,(H2,21,22). The van der Waals surface area contributed by atoms with Crippen molar-refractivity contribution >= 4 is 28.2 Å². The molecule has 4 N–H and O–H groups in total. The van der Waals surface area contributed by atoms with Crippen LogP contribution in [0.25, 0.3) is 10.9 Å². The molecule has 2 aliphatic rings. The van der Waals surface area contributed by atoms with Gasteiger partial charge in [-0.05, 0) is 62.3 Å². The topological polar surface area (TPSA) is 64.9 Å². The monoisotopic (exact) mass is 313 g/mol. The van der Waals surface area contributed by atoms with Crippen molar-refractivity contribution in [3.05, 3.63) is 46.1 Å². The van der Waals surface area contributed by atoms with E-state index in [0.717, 1.165) is 48.1 Å². The molecule has 0 saturated heterocycles. The number of pyridine rings is 1. The lowest BCUT2D eigenvalue weighted by Crippen LogP contribution is -2.25. The largest absolute Gasteiger partial charge is 0.398 e. The molecule has 2 atom stereocenters. The van der Waals surface area contributed by atoms with Crippen LogP contribution < -0.4 is 11.5 Å². The highest BCUT2D eigenvalue weighted by molar-refractivity contribution is 6.31. The van der Waals surface area contributed by atoms with Crippen LogP contribution in [0.2, 0.25) is 5.02 Å². The number of hydrogen-bond donors (Lipinski definition) is 2. The molecule has 0 amide bonds. The Labute approximate surface area is 135 Å². The van der Waals surface area contributed by atoms with Crippen LogP contribution in [0.1, 0.15) is 36.4 Å². The fourth-order valence-electron chi connectivity index (χ4n) is 4.16. The number of hydrogen-bond acceptors (Lipinski definition) is 3. The minimum Gasteiger partial charge on any atom is -0.398 e. The molecule has 1 heterocycles. The number of anilines is 1. The molecule has 0 aliphatic heterocycles. The summed E-state index contributed by atoms with van der Waals surface area (Å²) in [5, 5.41) is 1.73. The van der Waals surface area contributed by atoms with Gasteiger partial charge in [0.1, 0.15) is 0 Å². The average Bonchev–Trinajstić information content (AvgIpc) is 2.46. The lowest BCUT2D eigenvalue weighted by atomic mass is 9.70. The number of aromatic nitrogens is 1. The number of fused-ring (bicyclic) bond motifs is 5. The molecule has 0 radical (unpaired) electrons. The molecule has 2 unspecified atom stereocenters. The van der Waals surface area contributed by atoms with Crippen LogP contribution in [0.3, 0.4) is 0 Å². The van der Waals surface area contributed by atoms with Crippen molar-refractivity contribution in [3.63, 3.8) is 0 Å². The van der Waals surface area contributed by atoms with Crippen LogP contribution in [-0.2, 0) is 6.42 Å². The van der Waals surface area contributed by atoms with Gasteiger partial charge in [0.2, 0.25) is 0 Å². The Morgan fingerprint density at radius 3 is 2.95 bits per heavy atom. The highest BCUT2D eigenvalue weighted by Gasteiger charge is 2.33. The fourth-order valence-corrected chi connectivity index (χ4v) is 4.32. The molecule has 0 fully saturated rings. The number of allylic oxidation sites excluding steroid dienone is 1. The summed E-state index contributed by atoms with van der Waals surface area (Å²) in [7, 11) is 0. The quantitative estimate of drug-likeness (QED) is 0.829.